The number of rotatable bonds is 8. The topological polar surface area (TPSA) is 84.5 Å². The van der Waals surface area contributed by atoms with Gasteiger partial charge in [-0.2, -0.15) is 0 Å². The maximum Gasteiger partial charge on any atom is 0.140 e. The summed E-state index contributed by atoms with van der Waals surface area (Å²) in [5.41, 5.74) is 2.02. The van der Waals surface area contributed by atoms with Gasteiger partial charge >= 0.3 is 0 Å². The molecule has 0 atom stereocenters. The van der Waals surface area contributed by atoms with Gasteiger partial charge in [-0.05, 0) is 31.4 Å². The predicted molar refractivity (Wildman–Crippen MR) is 118 cm³/mol. The molecule has 1 aromatic carbocycles. The van der Waals surface area contributed by atoms with Crippen molar-refractivity contribution in [1.29, 1.82) is 0 Å². The van der Waals surface area contributed by atoms with Crippen LogP contribution in [0.2, 0.25) is 0 Å². The lowest BCUT2D eigenvalue weighted by Crippen LogP contribution is -2.45. The summed E-state index contributed by atoms with van der Waals surface area (Å²) in [5.74, 6) is 2.38. The lowest BCUT2D eigenvalue weighted by Gasteiger charge is -2.37. The van der Waals surface area contributed by atoms with Gasteiger partial charge in [-0.3, -0.25) is 4.90 Å². The Morgan fingerprint density at radius 2 is 1.94 bits per heavy atom. The van der Waals surface area contributed by atoms with Gasteiger partial charge in [0.15, 0.2) is 0 Å². The molecule has 0 amide bonds. The fourth-order valence-corrected chi connectivity index (χ4v) is 4.02. The van der Waals surface area contributed by atoms with E-state index in [2.05, 4.69) is 26.9 Å². The lowest BCUT2D eigenvalue weighted by molar-refractivity contribution is -0.0265. The van der Waals surface area contributed by atoms with Crippen molar-refractivity contribution in [2.75, 3.05) is 20.2 Å². The van der Waals surface area contributed by atoms with Crippen LogP contribution in [-0.2, 0) is 19.4 Å². The smallest absolute Gasteiger partial charge is 0.140 e. The molecule has 4 rings (SSSR count). The largest absolute Gasteiger partial charge is 0.497 e. The zero-order valence-corrected chi connectivity index (χ0v) is 18.3. The number of aromatic nitrogens is 3. The van der Waals surface area contributed by atoms with Crippen LogP contribution in [0.15, 0.2) is 47.2 Å². The Balaban J connectivity index is 1.32. The standard InChI is InChI=1S/C24H30N4O3/c1-3-5-23-25-15-18(16-26-23)17-28-10-8-24(29,9-11-28)14-21-13-22(27-31-21)19-6-4-7-20(12-19)30-2/h4,6-7,12-13,15-16,29H,3,5,8-11,14,17H2,1-2H3. The van der Waals surface area contributed by atoms with E-state index in [1.807, 2.05) is 42.7 Å². The van der Waals surface area contributed by atoms with Crippen molar-refractivity contribution < 1.29 is 14.4 Å². The summed E-state index contributed by atoms with van der Waals surface area (Å²) in [4.78, 5) is 11.2. The summed E-state index contributed by atoms with van der Waals surface area (Å²) < 4.78 is 10.8. The summed E-state index contributed by atoms with van der Waals surface area (Å²) in [6, 6.07) is 9.62. The predicted octanol–water partition coefficient (Wildman–Crippen LogP) is 3.66. The van der Waals surface area contributed by atoms with E-state index in [4.69, 9.17) is 9.26 Å². The SMILES string of the molecule is CCCc1ncc(CN2CCC(O)(Cc3cc(-c4cccc(OC)c4)no3)CC2)cn1. The number of hydrogen-bond donors (Lipinski definition) is 1. The highest BCUT2D eigenvalue weighted by Crippen LogP contribution is 2.29. The number of aryl methyl sites for hydroxylation is 1. The highest BCUT2D eigenvalue weighted by molar-refractivity contribution is 5.60. The Bertz CT molecular complexity index is 978. The van der Waals surface area contributed by atoms with Crippen molar-refractivity contribution >= 4 is 0 Å². The van der Waals surface area contributed by atoms with Crippen LogP contribution in [0.1, 0.15) is 43.3 Å². The van der Waals surface area contributed by atoms with Crippen LogP contribution in [0.4, 0.5) is 0 Å². The molecule has 0 saturated carbocycles. The van der Waals surface area contributed by atoms with Gasteiger partial charge in [-0.15, -0.1) is 0 Å². The lowest BCUT2D eigenvalue weighted by atomic mass is 9.87. The first kappa shape index (κ1) is 21.5. The monoisotopic (exact) mass is 422 g/mol. The summed E-state index contributed by atoms with van der Waals surface area (Å²) in [6.45, 7) is 4.59. The second-order valence-electron chi connectivity index (χ2n) is 8.35. The first-order valence-corrected chi connectivity index (χ1v) is 10.9. The van der Waals surface area contributed by atoms with E-state index < -0.39 is 5.60 Å². The van der Waals surface area contributed by atoms with Crippen molar-refractivity contribution in [3.8, 4) is 17.0 Å². The fraction of sp³-hybridized carbons (Fsp3) is 0.458. The third kappa shape index (κ3) is 5.48. The molecule has 164 valence electrons. The molecule has 0 unspecified atom stereocenters. The molecule has 0 aliphatic carbocycles. The number of ether oxygens (including phenoxy) is 1. The minimum absolute atomic E-state index is 0.465. The maximum atomic E-state index is 11.1. The number of likely N-dealkylation sites (tertiary alicyclic amines) is 1. The maximum absolute atomic E-state index is 11.1. The second kappa shape index (κ2) is 9.58. The molecule has 3 aromatic rings. The molecule has 7 heteroatoms. The minimum Gasteiger partial charge on any atom is -0.497 e. The number of aliphatic hydroxyl groups is 1. The number of hydrogen-bond acceptors (Lipinski definition) is 7. The molecular weight excluding hydrogens is 392 g/mol. The molecule has 1 saturated heterocycles. The van der Waals surface area contributed by atoms with Gasteiger partial charge in [-0.1, -0.05) is 24.2 Å². The molecule has 0 bridgehead atoms. The van der Waals surface area contributed by atoms with Gasteiger partial charge in [0.25, 0.3) is 0 Å². The van der Waals surface area contributed by atoms with Crippen LogP contribution < -0.4 is 4.74 Å². The molecule has 3 heterocycles. The first-order valence-electron chi connectivity index (χ1n) is 10.9. The van der Waals surface area contributed by atoms with E-state index in [9.17, 15) is 5.11 Å². The third-order valence-electron chi connectivity index (χ3n) is 5.85. The first-order chi connectivity index (χ1) is 15.1. The highest BCUT2D eigenvalue weighted by atomic mass is 16.5. The van der Waals surface area contributed by atoms with Gasteiger partial charge in [0, 0.05) is 62.1 Å². The average Bonchev–Trinajstić information content (AvgIpc) is 3.25. The van der Waals surface area contributed by atoms with Crippen molar-refractivity contribution in [2.24, 2.45) is 0 Å². The minimum atomic E-state index is -0.775. The molecule has 1 fully saturated rings. The van der Waals surface area contributed by atoms with Crippen LogP contribution in [0.5, 0.6) is 5.75 Å². The van der Waals surface area contributed by atoms with Gasteiger partial charge in [0.1, 0.15) is 23.0 Å². The van der Waals surface area contributed by atoms with Gasteiger partial charge < -0.3 is 14.4 Å². The number of nitrogens with zero attached hydrogens (tertiary/aromatic N) is 4. The Labute approximate surface area is 183 Å². The van der Waals surface area contributed by atoms with E-state index in [0.717, 1.165) is 60.9 Å². The molecular formula is C24H30N4O3. The zero-order chi connectivity index (χ0) is 21.7. The van der Waals surface area contributed by atoms with E-state index in [0.29, 0.717) is 25.0 Å². The Kier molecular flexibility index (Phi) is 6.63. The molecule has 1 aliphatic heterocycles. The molecule has 0 spiro atoms. The Morgan fingerprint density at radius 1 is 1.16 bits per heavy atom. The van der Waals surface area contributed by atoms with Crippen molar-refractivity contribution in [3.05, 3.63) is 59.9 Å². The highest BCUT2D eigenvalue weighted by Gasteiger charge is 2.33. The van der Waals surface area contributed by atoms with Crippen LogP contribution in [0.3, 0.4) is 0 Å². The molecule has 7 nitrogen and oxygen atoms in total. The van der Waals surface area contributed by atoms with E-state index in [1.165, 1.54) is 0 Å². The van der Waals surface area contributed by atoms with Crippen molar-refractivity contribution in [3.63, 3.8) is 0 Å². The van der Waals surface area contributed by atoms with E-state index >= 15 is 0 Å². The summed E-state index contributed by atoms with van der Waals surface area (Å²) in [6.07, 6.45) is 7.66. The summed E-state index contributed by atoms with van der Waals surface area (Å²) >= 11 is 0. The van der Waals surface area contributed by atoms with Crippen molar-refractivity contribution in [2.45, 2.75) is 51.2 Å². The average molecular weight is 423 g/mol. The van der Waals surface area contributed by atoms with Gasteiger partial charge in [-0.25, -0.2) is 9.97 Å². The molecule has 31 heavy (non-hydrogen) atoms. The van der Waals surface area contributed by atoms with Crippen LogP contribution >= 0.6 is 0 Å². The number of benzene rings is 1. The Morgan fingerprint density at radius 3 is 2.65 bits per heavy atom. The molecule has 1 aliphatic rings. The van der Waals surface area contributed by atoms with E-state index in [1.54, 1.807) is 7.11 Å². The molecule has 2 aromatic heterocycles. The molecule has 1 N–H and O–H groups in total. The van der Waals surface area contributed by atoms with Crippen LogP contribution in [0.25, 0.3) is 11.3 Å². The quantitative estimate of drug-likeness (QED) is 0.593. The van der Waals surface area contributed by atoms with E-state index in [-0.39, 0.29) is 0 Å². The zero-order valence-electron chi connectivity index (χ0n) is 18.3. The third-order valence-corrected chi connectivity index (χ3v) is 5.85. The van der Waals surface area contributed by atoms with Gasteiger partial charge in [0.05, 0.1) is 12.7 Å². The van der Waals surface area contributed by atoms with Gasteiger partial charge in [0.2, 0.25) is 0 Å². The summed E-state index contributed by atoms with van der Waals surface area (Å²) in [7, 11) is 1.64. The number of methoxy groups -OCH3 is 1. The van der Waals surface area contributed by atoms with Crippen LogP contribution in [0, 0.1) is 0 Å². The van der Waals surface area contributed by atoms with Crippen molar-refractivity contribution in [1.82, 2.24) is 20.0 Å². The Hall–Kier alpha value is -2.77. The molecule has 0 radical (unpaired) electrons. The second-order valence-corrected chi connectivity index (χ2v) is 8.35. The number of piperidine rings is 1. The summed E-state index contributed by atoms with van der Waals surface area (Å²) in [5, 5.41) is 15.3. The van der Waals surface area contributed by atoms with Crippen LogP contribution in [-0.4, -0.2) is 50.9 Å². The fourth-order valence-electron chi connectivity index (χ4n) is 4.02. The normalized spacial score (nSPS) is 16.4.